The van der Waals surface area contributed by atoms with Crippen LogP contribution < -0.4 is 5.32 Å². The molecule has 0 aliphatic carbocycles. The molecule has 0 unspecified atom stereocenters. The molecule has 0 aliphatic rings. The zero-order valence-electron chi connectivity index (χ0n) is 11.3. The van der Waals surface area contributed by atoms with Gasteiger partial charge in [-0.1, -0.05) is 15.9 Å². The maximum absolute atomic E-state index is 13.8. The van der Waals surface area contributed by atoms with Crippen LogP contribution in [0.2, 0.25) is 0 Å². The van der Waals surface area contributed by atoms with E-state index in [0.717, 1.165) is 22.4 Å². The fraction of sp³-hybridized carbons (Fsp3) is 0.357. The van der Waals surface area contributed by atoms with E-state index in [2.05, 4.69) is 26.3 Å². The van der Waals surface area contributed by atoms with E-state index in [4.69, 9.17) is 0 Å². The van der Waals surface area contributed by atoms with Crippen molar-refractivity contribution in [1.29, 1.82) is 0 Å². The Kier molecular flexibility index (Phi) is 4.37. The molecule has 0 bridgehead atoms. The van der Waals surface area contributed by atoms with Gasteiger partial charge < -0.3 is 5.32 Å². The van der Waals surface area contributed by atoms with Crippen LogP contribution in [0.4, 0.5) is 4.39 Å². The van der Waals surface area contributed by atoms with Crippen LogP contribution >= 0.6 is 15.9 Å². The first-order chi connectivity index (χ1) is 9.02. The van der Waals surface area contributed by atoms with Crippen molar-refractivity contribution in [3.63, 3.8) is 0 Å². The summed E-state index contributed by atoms with van der Waals surface area (Å²) in [7, 11) is 1.91. The second-order valence-corrected chi connectivity index (χ2v) is 5.49. The van der Waals surface area contributed by atoms with Gasteiger partial charge in [0.1, 0.15) is 5.82 Å². The molecule has 0 radical (unpaired) electrons. The van der Waals surface area contributed by atoms with E-state index in [1.165, 1.54) is 11.6 Å². The Hall–Kier alpha value is -1.20. The van der Waals surface area contributed by atoms with E-state index in [9.17, 15) is 4.39 Å². The highest BCUT2D eigenvalue weighted by Crippen LogP contribution is 2.19. The Labute approximate surface area is 121 Å². The summed E-state index contributed by atoms with van der Waals surface area (Å²) >= 11 is 3.37. The highest BCUT2D eigenvalue weighted by atomic mass is 79.9. The van der Waals surface area contributed by atoms with Gasteiger partial charge in [0.05, 0.1) is 12.2 Å². The van der Waals surface area contributed by atoms with E-state index >= 15 is 0 Å². The summed E-state index contributed by atoms with van der Waals surface area (Å²) < 4.78 is 16.5. The van der Waals surface area contributed by atoms with Gasteiger partial charge in [-0.2, -0.15) is 5.10 Å². The first-order valence-corrected chi connectivity index (χ1v) is 6.93. The van der Waals surface area contributed by atoms with Gasteiger partial charge in [-0.15, -0.1) is 0 Å². The van der Waals surface area contributed by atoms with E-state index < -0.39 is 0 Å². The van der Waals surface area contributed by atoms with Gasteiger partial charge in [0, 0.05) is 27.8 Å². The molecule has 0 atom stereocenters. The van der Waals surface area contributed by atoms with Gasteiger partial charge in [-0.3, -0.25) is 4.68 Å². The van der Waals surface area contributed by atoms with Crippen molar-refractivity contribution in [3.8, 4) is 0 Å². The number of halogens is 2. The number of hydrogen-bond donors (Lipinski definition) is 1. The first kappa shape index (κ1) is 14.2. The van der Waals surface area contributed by atoms with Gasteiger partial charge in [0.2, 0.25) is 0 Å². The van der Waals surface area contributed by atoms with Crippen LogP contribution in [0.25, 0.3) is 0 Å². The zero-order chi connectivity index (χ0) is 14.0. The first-order valence-electron chi connectivity index (χ1n) is 6.14. The minimum Gasteiger partial charge on any atom is -0.316 e. The SMILES string of the molecule is CNCc1c(C)nn(Cc2cc(Br)ccc2F)c1C. The maximum Gasteiger partial charge on any atom is 0.128 e. The summed E-state index contributed by atoms with van der Waals surface area (Å²) in [6, 6.07) is 4.97. The standard InChI is InChI=1S/C14H17BrFN3/c1-9-13(7-17-3)10(2)19(18-9)8-11-6-12(15)4-5-14(11)16/h4-6,17H,7-8H2,1-3H3. The highest BCUT2D eigenvalue weighted by Gasteiger charge is 2.12. The molecular formula is C14H17BrFN3. The monoisotopic (exact) mass is 325 g/mol. The molecule has 1 aromatic carbocycles. The summed E-state index contributed by atoms with van der Waals surface area (Å²) in [5.74, 6) is -0.203. The van der Waals surface area contributed by atoms with E-state index in [-0.39, 0.29) is 5.82 Å². The van der Waals surface area contributed by atoms with Gasteiger partial charge in [0.25, 0.3) is 0 Å². The summed E-state index contributed by atoms with van der Waals surface area (Å²) in [6.45, 7) is 5.22. The van der Waals surface area contributed by atoms with Crippen molar-refractivity contribution >= 4 is 15.9 Å². The summed E-state index contributed by atoms with van der Waals surface area (Å²) in [4.78, 5) is 0. The third-order valence-corrected chi connectivity index (χ3v) is 3.71. The topological polar surface area (TPSA) is 29.9 Å². The predicted octanol–water partition coefficient (Wildman–Crippen LogP) is 3.17. The molecule has 0 aliphatic heterocycles. The highest BCUT2D eigenvalue weighted by molar-refractivity contribution is 9.10. The number of benzene rings is 1. The average Bonchev–Trinajstić information content (AvgIpc) is 2.62. The van der Waals surface area contributed by atoms with Crippen molar-refractivity contribution in [2.75, 3.05) is 7.05 Å². The van der Waals surface area contributed by atoms with Crippen molar-refractivity contribution in [2.24, 2.45) is 0 Å². The number of nitrogens with zero attached hydrogens (tertiary/aromatic N) is 2. The molecule has 0 amide bonds. The van der Waals surface area contributed by atoms with Crippen LogP contribution in [0.3, 0.4) is 0 Å². The summed E-state index contributed by atoms with van der Waals surface area (Å²) in [5, 5.41) is 7.62. The van der Waals surface area contributed by atoms with Gasteiger partial charge in [-0.25, -0.2) is 4.39 Å². The average molecular weight is 326 g/mol. The Bertz CT molecular complexity index is 593. The van der Waals surface area contributed by atoms with E-state index in [0.29, 0.717) is 12.1 Å². The third-order valence-electron chi connectivity index (χ3n) is 3.21. The van der Waals surface area contributed by atoms with Gasteiger partial charge >= 0.3 is 0 Å². The number of aryl methyl sites for hydroxylation is 1. The molecule has 3 nitrogen and oxygen atoms in total. The fourth-order valence-corrected chi connectivity index (χ4v) is 2.55. The lowest BCUT2D eigenvalue weighted by Gasteiger charge is -2.07. The Morgan fingerprint density at radius 3 is 2.79 bits per heavy atom. The minimum atomic E-state index is -0.203. The fourth-order valence-electron chi connectivity index (χ4n) is 2.15. The van der Waals surface area contributed by atoms with Crippen molar-refractivity contribution in [3.05, 3.63) is 51.0 Å². The van der Waals surface area contributed by atoms with Gasteiger partial charge in [-0.05, 0) is 39.1 Å². The molecule has 102 valence electrons. The molecule has 2 rings (SSSR count). The number of hydrogen-bond acceptors (Lipinski definition) is 2. The molecule has 0 fully saturated rings. The molecule has 5 heteroatoms. The lowest BCUT2D eigenvalue weighted by Crippen LogP contribution is -2.09. The normalized spacial score (nSPS) is 11.0. The van der Waals surface area contributed by atoms with Crippen LogP contribution in [-0.4, -0.2) is 16.8 Å². The predicted molar refractivity (Wildman–Crippen MR) is 77.7 cm³/mol. The molecule has 19 heavy (non-hydrogen) atoms. The number of nitrogens with one attached hydrogen (secondary N) is 1. The molecule has 0 saturated carbocycles. The third kappa shape index (κ3) is 3.04. The molecule has 0 saturated heterocycles. The quantitative estimate of drug-likeness (QED) is 0.935. The van der Waals surface area contributed by atoms with Crippen molar-refractivity contribution in [1.82, 2.24) is 15.1 Å². The van der Waals surface area contributed by atoms with Crippen LogP contribution in [0.15, 0.2) is 22.7 Å². The smallest absolute Gasteiger partial charge is 0.128 e. The van der Waals surface area contributed by atoms with E-state index in [1.807, 2.05) is 25.6 Å². The lowest BCUT2D eigenvalue weighted by atomic mass is 10.2. The Balaban J connectivity index is 2.33. The Morgan fingerprint density at radius 1 is 1.37 bits per heavy atom. The van der Waals surface area contributed by atoms with Crippen LogP contribution in [-0.2, 0) is 13.1 Å². The summed E-state index contributed by atoms with van der Waals surface area (Å²) in [5.41, 5.74) is 3.88. The molecular weight excluding hydrogens is 309 g/mol. The molecule has 0 spiro atoms. The van der Waals surface area contributed by atoms with Crippen molar-refractivity contribution in [2.45, 2.75) is 26.9 Å². The second kappa shape index (κ2) is 5.84. The minimum absolute atomic E-state index is 0.203. The molecule has 1 aromatic heterocycles. The van der Waals surface area contributed by atoms with E-state index in [1.54, 1.807) is 12.1 Å². The van der Waals surface area contributed by atoms with Crippen LogP contribution in [0.5, 0.6) is 0 Å². The zero-order valence-corrected chi connectivity index (χ0v) is 12.9. The van der Waals surface area contributed by atoms with Crippen molar-refractivity contribution < 1.29 is 4.39 Å². The lowest BCUT2D eigenvalue weighted by molar-refractivity contribution is 0.578. The molecule has 1 heterocycles. The van der Waals surface area contributed by atoms with Crippen LogP contribution in [0.1, 0.15) is 22.5 Å². The second-order valence-electron chi connectivity index (χ2n) is 4.57. The summed E-state index contributed by atoms with van der Waals surface area (Å²) in [6.07, 6.45) is 0. The number of rotatable bonds is 4. The molecule has 1 N–H and O–H groups in total. The van der Waals surface area contributed by atoms with Gasteiger partial charge in [0.15, 0.2) is 0 Å². The maximum atomic E-state index is 13.8. The van der Waals surface area contributed by atoms with Crippen LogP contribution in [0, 0.1) is 19.7 Å². The molecule has 2 aromatic rings. The largest absolute Gasteiger partial charge is 0.316 e. The number of aromatic nitrogens is 2. The Morgan fingerprint density at radius 2 is 2.11 bits per heavy atom.